The first-order valence-corrected chi connectivity index (χ1v) is 7.46. The molecule has 6 heteroatoms. The highest BCUT2D eigenvalue weighted by molar-refractivity contribution is 5.93. The molecule has 0 aliphatic rings. The van der Waals surface area contributed by atoms with Crippen LogP contribution in [0.25, 0.3) is 0 Å². The molecule has 0 aliphatic heterocycles. The zero-order valence-corrected chi connectivity index (χ0v) is 12.8. The molecule has 5 nitrogen and oxygen atoms in total. The molecular weight excluding hydrogens is 309 g/mol. The molecule has 0 saturated heterocycles. The number of hydrogen-bond donors (Lipinski definition) is 2. The van der Waals surface area contributed by atoms with Crippen LogP contribution >= 0.6 is 0 Å². The van der Waals surface area contributed by atoms with Gasteiger partial charge in [0.25, 0.3) is 5.91 Å². The Morgan fingerprint density at radius 2 is 2.00 bits per heavy atom. The summed E-state index contributed by atoms with van der Waals surface area (Å²) < 4.78 is 18.8. The van der Waals surface area contributed by atoms with Crippen LogP contribution in [-0.4, -0.2) is 10.9 Å². The smallest absolute Gasteiger partial charge is 0.270 e. The minimum Gasteiger partial charge on any atom is -0.467 e. The minimum atomic E-state index is -0.305. The number of aromatic nitrogens is 1. The number of rotatable bonds is 6. The van der Waals surface area contributed by atoms with Gasteiger partial charge in [-0.15, -0.1) is 0 Å². The lowest BCUT2D eigenvalue weighted by molar-refractivity contribution is 0.0943. The first-order chi connectivity index (χ1) is 11.7. The zero-order chi connectivity index (χ0) is 16.8. The van der Waals surface area contributed by atoms with E-state index in [4.69, 9.17) is 4.42 Å². The summed E-state index contributed by atoms with van der Waals surface area (Å²) in [7, 11) is 0. The third-order valence-corrected chi connectivity index (χ3v) is 3.44. The fourth-order valence-electron chi connectivity index (χ4n) is 2.17. The molecule has 0 radical (unpaired) electrons. The standard InChI is InChI=1S/C18H16FN3O2/c19-16-6-2-1-4-13(16)11-21-14-7-8-20-17(10-14)18(23)22-12-15-5-3-9-24-15/h1-10H,11-12H2,(H,20,21)(H,22,23). The van der Waals surface area contributed by atoms with Gasteiger partial charge in [-0.25, -0.2) is 4.39 Å². The first-order valence-electron chi connectivity index (χ1n) is 7.46. The number of nitrogens with one attached hydrogen (secondary N) is 2. The van der Waals surface area contributed by atoms with Gasteiger partial charge in [-0.2, -0.15) is 0 Å². The molecule has 2 aromatic heterocycles. The van der Waals surface area contributed by atoms with E-state index in [1.54, 1.807) is 48.7 Å². The van der Waals surface area contributed by atoms with E-state index >= 15 is 0 Å². The SMILES string of the molecule is O=C(NCc1ccco1)c1cc(NCc2ccccc2F)ccn1. The Labute approximate surface area is 138 Å². The Morgan fingerprint density at radius 1 is 1.12 bits per heavy atom. The predicted octanol–water partition coefficient (Wildman–Crippen LogP) is 3.36. The average molecular weight is 325 g/mol. The van der Waals surface area contributed by atoms with E-state index in [2.05, 4.69) is 15.6 Å². The number of nitrogens with zero attached hydrogens (tertiary/aromatic N) is 1. The van der Waals surface area contributed by atoms with Crippen LogP contribution in [0.2, 0.25) is 0 Å². The Hall–Kier alpha value is -3.15. The van der Waals surface area contributed by atoms with Crippen molar-refractivity contribution in [1.29, 1.82) is 0 Å². The van der Waals surface area contributed by atoms with Gasteiger partial charge < -0.3 is 15.1 Å². The third kappa shape index (κ3) is 3.98. The molecule has 1 aromatic carbocycles. The summed E-state index contributed by atoms with van der Waals surface area (Å²) in [5.74, 6) is 0.0913. The van der Waals surface area contributed by atoms with Crippen molar-refractivity contribution >= 4 is 11.6 Å². The van der Waals surface area contributed by atoms with E-state index in [-0.39, 0.29) is 17.4 Å². The molecule has 0 fully saturated rings. The maximum atomic E-state index is 13.6. The van der Waals surface area contributed by atoms with Crippen molar-refractivity contribution in [3.63, 3.8) is 0 Å². The molecule has 2 N–H and O–H groups in total. The summed E-state index contributed by atoms with van der Waals surface area (Å²) in [6.07, 6.45) is 3.08. The lowest BCUT2D eigenvalue weighted by Gasteiger charge is -2.09. The molecule has 24 heavy (non-hydrogen) atoms. The predicted molar refractivity (Wildman–Crippen MR) is 87.8 cm³/mol. The van der Waals surface area contributed by atoms with Crippen molar-refractivity contribution < 1.29 is 13.6 Å². The molecule has 0 spiro atoms. The number of carbonyl (C=O) groups excluding carboxylic acids is 1. The van der Waals surface area contributed by atoms with E-state index in [1.165, 1.54) is 12.3 Å². The van der Waals surface area contributed by atoms with Crippen LogP contribution in [0, 0.1) is 5.82 Å². The van der Waals surface area contributed by atoms with Gasteiger partial charge >= 0.3 is 0 Å². The number of halogens is 1. The van der Waals surface area contributed by atoms with Crippen LogP contribution in [0.3, 0.4) is 0 Å². The number of benzene rings is 1. The fraction of sp³-hybridized carbons (Fsp3) is 0.111. The molecule has 0 bridgehead atoms. The molecule has 0 aliphatic carbocycles. The van der Waals surface area contributed by atoms with E-state index in [9.17, 15) is 9.18 Å². The summed E-state index contributed by atoms with van der Waals surface area (Å²) in [5.41, 5.74) is 1.52. The molecule has 0 unspecified atom stereocenters. The van der Waals surface area contributed by atoms with Crippen molar-refractivity contribution in [2.24, 2.45) is 0 Å². The van der Waals surface area contributed by atoms with Crippen LogP contribution in [-0.2, 0) is 13.1 Å². The number of furan rings is 1. The van der Waals surface area contributed by atoms with Crippen molar-refractivity contribution in [1.82, 2.24) is 10.3 Å². The third-order valence-electron chi connectivity index (χ3n) is 3.44. The molecule has 3 rings (SSSR count). The number of carbonyl (C=O) groups is 1. The lowest BCUT2D eigenvalue weighted by Crippen LogP contribution is -2.23. The maximum absolute atomic E-state index is 13.6. The number of anilines is 1. The average Bonchev–Trinajstić information content (AvgIpc) is 3.13. The Bertz CT molecular complexity index is 819. The molecule has 3 aromatic rings. The molecule has 2 heterocycles. The van der Waals surface area contributed by atoms with Crippen molar-refractivity contribution in [3.8, 4) is 0 Å². The van der Waals surface area contributed by atoms with Gasteiger partial charge in [0, 0.05) is 24.0 Å². The molecular formula is C18H16FN3O2. The minimum absolute atomic E-state index is 0.268. The highest BCUT2D eigenvalue weighted by Crippen LogP contribution is 2.12. The van der Waals surface area contributed by atoms with Crippen LogP contribution in [0.4, 0.5) is 10.1 Å². The van der Waals surface area contributed by atoms with Crippen LogP contribution in [0.5, 0.6) is 0 Å². The second-order valence-electron chi connectivity index (χ2n) is 5.14. The number of pyridine rings is 1. The van der Waals surface area contributed by atoms with Gasteiger partial charge in [-0.05, 0) is 30.3 Å². The second-order valence-corrected chi connectivity index (χ2v) is 5.14. The first kappa shape index (κ1) is 15.7. The van der Waals surface area contributed by atoms with E-state index in [1.807, 2.05) is 0 Å². The maximum Gasteiger partial charge on any atom is 0.270 e. The monoisotopic (exact) mass is 325 g/mol. The summed E-state index contributed by atoms with van der Waals surface area (Å²) in [4.78, 5) is 16.2. The topological polar surface area (TPSA) is 67.2 Å². The van der Waals surface area contributed by atoms with Crippen LogP contribution in [0.1, 0.15) is 21.8 Å². The Kier molecular flexibility index (Phi) is 4.86. The molecule has 122 valence electrons. The Balaban J connectivity index is 1.61. The van der Waals surface area contributed by atoms with Crippen LogP contribution < -0.4 is 10.6 Å². The van der Waals surface area contributed by atoms with Crippen molar-refractivity contribution in [2.45, 2.75) is 13.1 Å². The quantitative estimate of drug-likeness (QED) is 0.729. The Morgan fingerprint density at radius 3 is 2.79 bits per heavy atom. The number of amides is 1. The van der Waals surface area contributed by atoms with E-state index in [0.717, 1.165) is 0 Å². The van der Waals surface area contributed by atoms with E-state index in [0.29, 0.717) is 30.1 Å². The van der Waals surface area contributed by atoms with Gasteiger partial charge in [0.15, 0.2) is 0 Å². The second kappa shape index (κ2) is 7.41. The summed E-state index contributed by atoms with van der Waals surface area (Å²) >= 11 is 0. The van der Waals surface area contributed by atoms with Gasteiger partial charge in [-0.1, -0.05) is 18.2 Å². The highest BCUT2D eigenvalue weighted by atomic mass is 19.1. The van der Waals surface area contributed by atoms with Gasteiger partial charge in [0.05, 0.1) is 12.8 Å². The number of hydrogen-bond acceptors (Lipinski definition) is 4. The lowest BCUT2D eigenvalue weighted by atomic mass is 10.2. The van der Waals surface area contributed by atoms with E-state index < -0.39 is 0 Å². The molecule has 0 atom stereocenters. The fourth-order valence-corrected chi connectivity index (χ4v) is 2.17. The highest BCUT2D eigenvalue weighted by Gasteiger charge is 2.09. The summed E-state index contributed by atoms with van der Waals surface area (Å²) in [6.45, 7) is 0.616. The summed E-state index contributed by atoms with van der Waals surface area (Å²) in [5, 5.41) is 5.82. The van der Waals surface area contributed by atoms with Gasteiger partial charge in [0.1, 0.15) is 17.3 Å². The summed E-state index contributed by atoms with van der Waals surface area (Å²) in [6, 6.07) is 13.4. The zero-order valence-electron chi connectivity index (χ0n) is 12.8. The normalized spacial score (nSPS) is 10.4. The van der Waals surface area contributed by atoms with Gasteiger partial charge in [0.2, 0.25) is 0 Å². The van der Waals surface area contributed by atoms with Crippen molar-refractivity contribution in [2.75, 3.05) is 5.32 Å². The molecule has 0 saturated carbocycles. The largest absolute Gasteiger partial charge is 0.467 e. The van der Waals surface area contributed by atoms with Gasteiger partial charge in [-0.3, -0.25) is 9.78 Å². The van der Waals surface area contributed by atoms with Crippen LogP contribution in [0.15, 0.2) is 65.4 Å². The molecule has 1 amide bonds. The van der Waals surface area contributed by atoms with Crippen molar-refractivity contribution in [3.05, 3.63) is 83.8 Å².